The van der Waals surface area contributed by atoms with Crippen molar-refractivity contribution < 1.29 is 14.2 Å². The van der Waals surface area contributed by atoms with E-state index in [2.05, 4.69) is 5.32 Å². The van der Waals surface area contributed by atoms with Gasteiger partial charge in [-0.15, -0.1) is 0 Å². The van der Waals surface area contributed by atoms with Crippen molar-refractivity contribution in [1.29, 1.82) is 0 Å². The van der Waals surface area contributed by atoms with Gasteiger partial charge < -0.3 is 20.1 Å². The summed E-state index contributed by atoms with van der Waals surface area (Å²) in [5.41, 5.74) is 1.58. The number of hydrogen-bond acceptors (Lipinski definition) is 4. The van der Waals surface area contributed by atoms with E-state index in [-0.39, 0.29) is 12.4 Å². The Morgan fingerprint density at radius 1 is 1.43 bits per heavy atom. The summed E-state index contributed by atoms with van der Waals surface area (Å²) < 4.78 is 19.3. The third-order valence-electron chi connectivity index (χ3n) is 4.01. The van der Waals surface area contributed by atoms with Crippen molar-refractivity contribution in [3.63, 3.8) is 0 Å². The van der Waals surface area contributed by atoms with Gasteiger partial charge in [0.15, 0.2) is 0 Å². The fraction of sp³-hybridized carbons (Fsp3) is 0.625. The van der Waals surface area contributed by atoms with E-state index in [9.17, 15) is 9.50 Å². The third-order valence-corrected chi connectivity index (χ3v) is 4.01. The van der Waals surface area contributed by atoms with E-state index in [1.54, 1.807) is 13.2 Å². The summed E-state index contributed by atoms with van der Waals surface area (Å²) in [7, 11) is 1.66. The van der Waals surface area contributed by atoms with Gasteiger partial charge in [0, 0.05) is 32.8 Å². The number of rotatable bonds is 9. The van der Waals surface area contributed by atoms with E-state index >= 15 is 0 Å². The summed E-state index contributed by atoms with van der Waals surface area (Å²) in [6.07, 6.45) is 3.33. The summed E-state index contributed by atoms with van der Waals surface area (Å²) >= 11 is 0. The first-order valence-electron chi connectivity index (χ1n) is 7.62. The van der Waals surface area contributed by atoms with E-state index in [1.807, 2.05) is 11.0 Å². The first kappa shape index (κ1) is 16.2. The minimum atomic E-state index is -0.207. The van der Waals surface area contributed by atoms with Crippen LogP contribution in [0.25, 0.3) is 0 Å². The van der Waals surface area contributed by atoms with Gasteiger partial charge in [0.1, 0.15) is 5.82 Å². The van der Waals surface area contributed by atoms with Gasteiger partial charge in [-0.2, -0.15) is 0 Å². The summed E-state index contributed by atoms with van der Waals surface area (Å²) in [5.74, 6) is -0.207. The number of nitrogens with one attached hydrogen (secondary N) is 1. The number of nitrogens with zero attached hydrogens (tertiary/aromatic N) is 1. The number of anilines is 1. The van der Waals surface area contributed by atoms with E-state index in [1.165, 1.54) is 12.5 Å². The molecule has 1 aromatic carbocycles. The van der Waals surface area contributed by atoms with Crippen molar-refractivity contribution in [2.75, 3.05) is 38.3 Å². The van der Waals surface area contributed by atoms with Gasteiger partial charge in [-0.1, -0.05) is 12.1 Å². The molecule has 0 atom stereocenters. The second-order valence-electron chi connectivity index (χ2n) is 5.42. The minimum Gasteiger partial charge on any atom is -0.395 e. The monoisotopic (exact) mass is 296 g/mol. The number of methoxy groups -OCH3 is 1. The fourth-order valence-electron chi connectivity index (χ4n) is 2.70. The lowest BCUT2D eigenvalue weighted by atomic mass is 9.90. The average Bonchev–Trinajstić information content (AvgIpc) is 2.41. The third kappa shape index (κ3) is 4.15. The van der Waals surface area contributed by atoms with Crippen molar-refractivity contribution in [1.82, 2.24) is 5.32 Å². The van der Waals surface area contributed by atoms with E-state index in [0.717, 1.165) is 24.9 Å². The Morgan fingerprint density at radius 2 is 2.24 bits per heavy atom. The maximum atomic E-state index is 14.3. The van der Waals surface area contributed by atoms with Crippen LogP contribution in [0.4, 0.5) is 10.1 Å². The van der Waals surface area contributed by atoms with Crippen LogP contribution in [0.3, 0.4) is 0 Å². The van der Waals surface area contributed by atoms with Gasteiger partial charge in [0.25, 0.3) is 0 Å². The van der Waals surface area contributed by atoms with Crippen molar-refractivity contribution in [2.24, 2.45) is 0 Å². The lowest BCUT2D eigenvalue weighted by Gasteiger charge is -2.40. The molecule has 0 radical (unpaired) electrons. The SMILES string of the molecule is COCCNCc1cccc(F)c1N(CCO)C1CCC1. The van der Waals surface area contributed by atoms with E-state index < -0.39 is 0 Å². The molecule has 0 saturated heterocycles. The zero-order chi connectivity index (χ0) is 15.1. The van der Waals surface area contributed by atoms with E-state index in [0.29, 0.717) is 31.4 Å². The molecule has 0 heterocycles. The van der Waals surface area contributed by atoms with Crippen molar-refractivity contribution in [3.8, 4) is 0 Å². The highest BCUT2D eigenvalue weighted by Gasteiger charge is 2.28. The molecule has 5 heteroatoms. The normalized spacial score (nSPS) is 15.0. The van der Waals surface area contributed by atoms with Gasteiger partial charge in [-0.25, -0.2) is 4.39 Å². The lowest BCUT2D eigenvalue weighted by Crippen LogP contribution is -2.43. The number of para-hydroxylation sites is 1. The zero-order valence-electron chi connectivity index (χ0n) is 12.6. The molecular formula is C16H25FN2O2. The highest BCUT2D eigenvalue weighted by atomic mass is 19.1. The van der Waals surface area contributed by atoms with Crippen LogP contribution in [-0.2, 0) is 11.3 Å². The maximum absolute atomic E-state index is 14.3. The Kier molecular flexibility index (Phi) is 6.42. The standard InChI is InChI=1S/C16H25FN2O2/c1-21-11-8-18-12-13-4-2-7-15(17)16(13)19(9-10-20)14-5-3-6-14/h2,4,7,14,18,20H,3,5-6,8-12H2,1H3. The van der Waals surface area contributed by atoms with Gasteiger partial charge in [-0.3, -0.25) is 0 Å². The molecule has 0 aliphatic heterocycles. The average molecular weight is 296 g/mol. The van der Waals surface area contributed by atoms with Crippen LogP contribution in [0, 0.1) is 5.82 Å². The summed E-state index contributed by atoms with van der Waals surface area (Å²) in [5, 5.41) is 12.6. The molecule has 0 spiro atoms. The second-order valence-corrected chi connectivity index (χ2v) is 5.42. The lowest BCUT2D eigenvalue weighted by molar-refractivity contribution is 0.199. The predicted molar refractivity (Wildman–Crippen MR) is 82.1 cm³/mol. The molecule has 0 amide bonds. The topological polar surface area (TPSA) is 44.7 Å². The molecule has 1 aromatic rings. The molecule has 0 aromatic heterocycles. The van der Waals surface area contributed by atoms with Gasteiger partial charge >= 0.3 is 0 Å². The van der Waals surface area contributed by atoms with Crippen LogP contribution in [0.2, 0.25) is 0 Å². The predicted octanol–water partition coefficient (Wildman–Crippen LogP) is 1.91. The highest BCUT2D eigenvalue weighted by molar-refractivity contribution is 5.56. The molecule has 118 valence electrons. The fourth-order valence-corrected chi connectivity index (χ4v) is 2.70. The van der Waals surface area contributed by atoms with Crippen LogP contribution >= 0.6 is 0 Å². The first-order chi connectivity index (χ1) is 10.3. The van der Waals surface area contributed by atoms with Crippen LogP contribution in [0.5, 0.6) is 0 Å². The smallest absolute Gasteiger partial charge is 0.146 e. The van der Waals surface area contributed by atoms with Crippen LogP contribution in [0.15, 0.2) is 18.2 Å². The Labute approximate surface area is 125 Å². The van der Waals surface area contributed by atoms with Crippen LogP contribution < -0.4 is 10.2 Å². The number of ether oxygens (including phenoxy) is 1. The van der Waals surface area contributed by atoms with Crippen LogP contribution in [0.1, 0.15) is 24.8 Å². The van der Waals surface area contributed by atoms with Gasteiger partial charge in [-0.05, 0) is 30.9 Å². The molecule has 21 heavy (non-hydrogen) atoms. The second kappa shape index (κ2) is 8.32. The largest absolute Gasteiger partial charge is 0.395 e. The number of halogens is 1. The van der Waals surface area contributed by atoms with Crippen molar-refractivity contribution in [3.05, 3.63) is 29.6 Å². The van der Waals surface area contributed by atoms with Gasteiger partial charge in [0.2, 0.25) is 0 Å². The van der Waals surface area contributed by atoms with Gasteiger partial charge in [0.05, 0.1) is 18.9 Å². The molecule has 1 fully saturated rings. The van der Waals surface area contributed by atoms with Crippen LogP contribution in [-0.4, -0.2) is 44.6 Å². The highest BCUT2D eigenvalue weighted by Crippen LogP contribution is 2.33. The molecule has 0 unspecified atom stereocenters. The van der Waals surface area contributed by atoms with Crippen molar-refractivity contribution >= 4 is 5.69 Å². The molecule has 4 nitrogen and oxygen atoms in total. The Hall–Kier alpha value is -1.17. The summed E-state index contributed by atoms with van der Waals surface area (Å²) in [6, 6.07) is 5.54. The number of benzene rings is 1. The molecule has 2 rings (SSSR count). The maximum Gasteiger partial charge on any atom is 0.146 e. The Balaban J connectivity index is 2.14. The summed E-state index contributed by atoms with van der Waals surface area (Å²) in [4.78, 5) is 2.03. The number of aliphatic hydroxyl groups excluding tert-OH is 1. The van der Waals surface area contributed by atoms with E-state index in [4.69, 9.17) is 4.74 Å². The molecule has 1 aliphatic rings. The Morgan fingerprint density at radius 3 is 2.86 bits per heavy atom. The first-order valence-corrected chi connectivity index (χ1v) is 7.62. The molecule has 0 bridgehead atoms. The molecule has 1 saturated carbocycles. The molecular weight excluding hydrogens is 271 g/mol. The molecule has 1 aliphatic carbocycles. The zero-order valence-corrected chi connectivity index (χ0v) is 12.6. The number of hydrogen-bond donors (Lipinski definition) is 2. The Bertz CT molecular complexity index is 438. The quantitative estimate of drug-likeness (QED) is 0.683. The minimum absolute atomic E-state index is 0.0430. The number of aliphatic hydroxyl groups is 1. The summed E-state index contributed by atoms with van der Waals surface area (Å²) in [6.45, 7) is 2.49. The molecule has 2 N–H and O–H groups in total. The van der Waals surface area contributed by atoms with Crippen molar-refractivity contribution in [2.45, 2.75) is 31.8 Å².